The minimum Gasteiger partial charge on any atom is -0.377 e. The molecule has 0 radical (unpaired) electrons. The first kappa shape index (κ1) is 11.7. The van der Waals surface area contributed by atoms with Crippen molar-refractivity contribution >= 4 is 28.3 Å². The Balaban J connectivity index is 2.04. The Morgan fingerprint density at radius 2 is 2.28 bits per heavy atom. The molecule has 3 heterocycles. The summed E-state index contributed by atoms with van der Waals surface area (Å²) in [5.74, 6) is 0.938. The van der Waals surface area contributed by atoms with E-state index in [0.717, 1.165) is 36.5 Å². The van der Waals surface area contributed by atoms with Crippen LogP contribution in [-0.4, -0.2) is 35.8 Å². The molecule has 0 N–H and O–H groups in total. The molecule has 0 amide bonds. The number of ether oxygens (including phenoxy) is 1. The van der Waals surface area contributed by atoms with E-state index in [9.17, 15) is 0 Å². The summed E-state index contributed by atoms with van der Waals surface area (Å²) >= 11 is 6.09. The van der Waals surface area contributed by atoms with Gasteiger partial charge in [-0.15, -0.1) is 0 Å². The number of halogens is 1. The monoisotopic (exact) mass is 263 g/mol. The lowest BCUT2D eigenvalue weighted by molar-refractivity contribution is 0.0986. The molecule has 1 saturated heterocycles. The normalized spacial score (nSPS) is 20.3. The van der Waals surface area contributed by atoms with Crippen LogP contribution in [0.15, 0.2) is 24.4 Å². The zero-order valence-corrected chi connectivity index (χ0v) is 10.9. The van der Waals surface area contributed by atoms with Gasteiger partial charge in [0.1, 0.15) is 11.3 Å². The third-order valence-electron chi connectivity index (χ3n) is 3.21. The fourth-order valence-electron chi connectivity index (χ4n) is 2.23. The third kappa shape index (κ3) is 2.02. The Bertz CT molecular complexity index is 575. The lowest BCUT2D eigenvalue weighted by Crippen LogP contribution is -2.44. The van der Waals surface area contributed by atoms with Gasteiger partial charge in [0.25, 0.3) is 0 Å². The molecule has 0 aliphatic carbocycles. The van der Waals surface area contributed by atoms with Crippen LogP contribution in [0.25, 0.3) is 10.9 Å². The third-order valence-corrected chi connectivity index (χ3v) is 3.49. The molecule has 0 unspecified atom stereocenters. The summed E-state index contributed by atoms with van der Waals surface area (Å²) < 4.78 is 5.44. The van der Waals surface area contributed by atoms with Crippen LogP contribution < -0.4 is 4.90 Å². The van der Waals surface area contributed by atoms with Gasteiger partial charge in [-0.25, -0.2) is 9.97 Å². The number of aromatic nitrogens is 2. The van der Waals surface area contributed by atoms with Crippen molar-refractivity contribution in [3.63, 3.8) is 0 Å². The van der Waals surface area contributed by atoms with Crippen molar-refractivity contribution in [2.24, 2.45) is 0 Å². The Hall–Kier alpha value is -1.39. The van der Waals surface area contributed by atoms with Crippen LogP contribution in [0.4, 0.5) is 5.82 Å². The predicted molar refractivity (Wildman–Crippen MR) is 72.2 cm³/mol. The highest BCUT2D eigenvalue weighted by Crippen LogP contribution is 2.24. The summed E-state index contributed by atoms with van der Waals surface area (Å²) in [4.78, 5) is 10.9. The first-order valence-electron chi connectivity index (χ1n) is 6.01. The van der Waals surface area contributed by atoms with Crippen molar-refractivity contribution in [1.29, 1.82) is 0 Å². The lowest BCUT2D eigenvalue weighted by Gasteiger charge is -2.34. The first-order chi connectivity index (χ1) is 8.75. The van der Waals surface area contributed by atoms with E-state index in [1.165, 1.54) is 0 Å². The number of hydrogen-bond donors (Lipinski definition) is 0. The van der Waals surface area contributed by atoms with Crippen molar-refractivity contribution in [3.8, 4) is 0 Å². The molecule has 18 heavy (non-hydrogen) atoms. The van der Waals surface area contributed by atoms with Crippen molar-refractivity contribution in [2.45, 2.75) is 13.0 Å². The van der Waals surface area contributed by atoms with Gasteiger partial charge in [0, 0.05) is 18.1 Å². The van der Waals surface area contributed by atoms with Gasteiger partial charge in [0.2, 0.25) is 0 Å². The highest BCUT2D eigenvalue weighted by molar-refractivity contribution is 6.33. The van der Waals surface area contributed by atoms with Gasteiger partial charge in [-0.05, 0) is 25.1 Å². The molecule has 1 atom stereocenters. The maximum absolute atomic E-state index is 6.09. The van der Waals surface area contributed by atoms with Gasteiger partial charge in [-0.1, -0.05) is 11.6 Å². The highest BCUT2D eigenvalue weighted by Gasteiger charge is 2.20. The smallest absolute Gasteiger partial charge is 0.155 e. The zero-order chi connectivity index (χ0) is 12.5. The minimum atomic E-state index is 0.333. The van der Waals surface area contributed by atoms with Crippen LogP contribution in [0.5, 0.6) is 0 Å². The van der Waals surface area contributed by atoms with E-state index in [1.807, 2.05) is 18.2 Å². The van der Waals surface area contributed by atoms with E-state index in [1.54, 1.807) is 6.20 Å². The largest absolute Gasteiger partial charge is 0.377 e. The summed E-state index contributed by atoms with van der Waals surface area (Å²) in [5, 5.41) is 1.47. The quantitative estimate of drug-likeness (QED) is 0.741. The summed E-state index contributed by atoms with van der Waals surface area (Å²) in [6.45, 7) is 4.47. The van der Waals surface area contributed by atoms with Gasteiger partial charge < -0.3 is 9.64 Å². The van der Waals surface area contributed by atoms with E-state index < -0.39 is 0 Å². The number of pyridine rings is 2. The van der Waals surface area contributed by atoms with Gasteiger partial charge >= 0.3 is 0 Å². The summed E-state index contributed by atoms with van der Waals surface area (Å²) in [7, 11) is 0. The van der Waals surface area contributed by atoms with Crippen molar-refractivity contribution in [1.82, 2.24) is 9.97 Å². The van der Waals surface area contributed by atoms with Gasteiger partial charge in [-0.3, -0.25) is 0 Å². The molecule has 0 spiro atoms. The number of nitrogens with zero attached hydrogens (tertiary/aromatic N) is 3. The summed E-state index contributed by atoms with van der Waals surface area (Å²) in [5.41, 5.74) is 0.760. The number of hydrogen-bond acceptors (Lipinski definition) is 4. The topological polar surface area (TPSA) is 38.2 Å². The second kappa shape index (κ2) is 4.71. The number of morpholine rings is 1. The van der Waals surface area contributed by atoms with Crippen molar-refractivity contribution in [2.75, 3.05) is 24.7 Å². The maximum Gasteiger partial charge on any atom is 0.155 e. The zero-order valence-electron chi connectivity index (χ0n) is 10.1. The molecule has 0 saturated carbocycles. The lowest BCUT2D eigenvalue weighted by atomic mass is 10.2. The van der Waals surface area contributed by atoms with Crippen LogP contribution in [0.3, 0.4) is 0 Å². The van der Waals surface area contributed by atoms with Gasteiger partial charge in [0.15, 0.2) is 5.15 Å². The van der Waals surface area contributed by atoms with E-state index in [-0.39, 0.29) is 0 Å². The van der Waals surface area contributed by atoms with E-state index >= 15 is 0 Å². The van der Waals surface area contributed by atoms with Crippen molar-refractivity contribution in [3.05, 3.63) is 29.5 Å². The average molecular weight is 264 g/mol. The van der Waals surface area contributed by atoms with E-state index in [0.29, 0.717) is 11.2 Å². The molecule has 0 aromatic carbocycles. The predicted octanol–water partition coefficient (Wildman–Crippen LogP) is 2.51. The number of fused-ring (bicyclic) bond motifs is 1. The molecule has 1 aliphatic rings. The van der Waals surface area contributed by atoms with Crippen LogP contribution in [-0.2, 0) is 4.74 Å². The molecule has 1 aliphatic heterocycles. The van der Waals surface area contributed by atoms with Crippen LogP contribution in [0.1, 0.15) is 6.92 Å². The molecular formula is C13H14ClN3O. The fraction of sp³-hybridized carbons (Fsp3) is 0.385. The summed E-state index contributed by atoms with van der Waals surface area (Å²) in [6.07, 6.45) is 1.70. The summed E-state index contributed by atoms with van der Waals surface area (Å²) in [6, 6.07) is 6.31. The molecule has 3 rings (SSSR count). The Morgan fingerprint density at radius 3 is 3.11 bits per heavy atom. The first-order valence-corrected chi connectivity index (χ1v) is 6.39. The number of rotatable bonds is 1. The standard InChI is InChI=1S/C13H14ClN3O/c1-9-8-18-7-6-17(9)11-3-2-10-4-5-15-13(14)12(10)16-11/h2-5,9H,6-8H2,1H3/t9-/m1/s1. The molecule has 94 valence electrons. The fourth-order valence-corrected chi connectivity index (χ4v) is 2.44. The van der Waals surface area contributed by atoms with Crippen molar-refractivity contribution < 1.29 is 4.74 Å². The molecule has 4 nitrogen and oxygen atoms in total. The Labute approximate surface area is 111 Å². The van der Waals surface area contributed by atoms with Crippen LogP contribution in [0, 0.1) is 0 Å². The van der Waals surface area contributed by atoms with Gasteiger partial charge in [0.05, 0.1) is 19.3 Å². The van der Waals surface area contributed by atoms with Crippen LogP contribution >= 0.6 is 11.6 Å². The van der Waals surface area contributed by atoms with Crippen LogP contribution in [0.2, 0.25) is 5.15 Å². The van der Waals surface area contributed by atoms with Gasteiger partial charge in [-0.2, -0.15) is 0 Å². The van der Waals surface area contributed by atoms with E-state index in [4.69, 9.17) is 16.3 Å². The average Bonchev–Trinajstić information content (AvgIpc) is 2.40. The SMILES string of the molecule is C[C@@H]1COCCN1c1ccc2ccnc(Cl)c2n1. The maximum atomic E-state index is 6.09. The molecular weight excluding hydrogens is 250 g/mol. The molecule has 2 aromatic heterocycles. The molecule has 5 heteroatoms. The second-order valence-corrected chi connectivity index (χ2v) is 4.82. The molecule has 1 fully saturated rings. The Kier molecular flexibility index (Phi) is 3.06. The Morgan fingerprint density at radius 1 is 1.39 bits per heavy atom. The second-order valence-electron chi connectivity index (χ2n) is 4.46. The molecule has 2 aromatic rings. The van der Waals surface area contributed by atoms with E-state index in [2.05, 4.69) is 21.8 Å². The molecule has 0 bridgehead atoms. The number of anilines is 1. The highest BCUT2D eigenvalue weighted by atomic mass is 35.5. The minimum absolute atomic E-state index is 0.333.